The monoisotopic (exact) mass is 246 g/mol. The van der Waals surface area contributed by atoms with Crippen molar-refractivity contribution in [3.8, 4) is 6.07 Å². The maximum atomic E-state index is 13.4. The van der Waals surface area contributed by atoms with Gasteiger partial charge in [-0.15, -0.1) is 0 Å². The maximum Gasteiger partial charge on any atom is 0.141 e. The maximum absolute atomic E-state index is 13.4. The lowest BCUT2D eigenvalue weighted by molar-refractivity contribution is 0.347. The first-order chi connectivity index (χ1) is 8.79. The molecule has 1 aliphatic heterocycles. The van der Waals surface area contributed by atoms with Crippen LogP contribution in [0.25, 0.3) is 0 Å². The first-order valence-electron chi connectivity index (χ1n) is 6.69. The first-order valence-corrected chi connectivity index (χ1v) is 6.69. The van der Waals surface area contributed by atoms with Crippen molar-refractivity contribution >= 4 is 0 Å². The molecule has 2 rings (SSSR count). The molecule has 0 aliphatic carbocycles. The highest BCUT2D eigenvalue weighted by Gasteiger charge is 2.12. The number of piperidine rings is 1. The summed E-state index contributed by atoms with van der Waals surface area (Å²) >= 11 is 0. The van der Waals surface area contributed by atoms with E-state index in [-0.39, 0.29) is 5.56 Å². The number of hydrogen-bond donors (Lipinski definition) is 1. The number of nitrogens with zero attached hydrogens (tertiary/aromatic N) is 1. The van der Waals surface area contributed by atoms with Crippen LogP contribution in [0, 0.1) is 23.1 Å². The van der Waals surface area contributed by atoms with Crippen molar-refractivity contribution in [2.45, 2.75) is 32.1 Å². The Labute approximate surface area is 108 Å². The van der Waals surface area contributed by atoms with Gasteiger partial charge in [-0.05, 0) is 62.4 Å². The van der Waals surface area contributed by atoms with Gasteiger partial charge in [0.25, 0.3) is 0 Å². The Morgan fingerprint density at radius 2 is 2.11 bits per heavy atom. The van der Waals surface area contributed by atoms with Gasteiger partial charge in [0.05, 0.1) is 5.56 Å². The zero-order chi connectivity index (χ0) is 12.8. The Hall–Kier alpha value is -1.40. The Bertz CT molecular complexity index is 431. The zero-order valence-corrected chi connectivity index (χ0v) is 10.6. The van der Waals surface area contributed by atoms with Crippen LogP contribution >= 0.6 is 0 Å². The lowest BCUT2D eigenvalue weighted by atomic mass is 9.91. The topological polar surface area (TPSA) is 35.8 Å². The van der Waals surface area contributed by atoms with E-state index >= 15 is 0 Å². The first kappa shape index (κ1) is 13.0. The molecular weight excluding hydrogens is 227 g/mol. The van der Waals surface area contributed by atoms with Gasteiger partial charge >= 0.3 is 0 Å². The van der Waals surface area contributed by atoms with E-state index in [0.29, 0.717) is 0 Å². The van der Waals surface area contributed by atoms with Crippen LogP contribution in [0.2, 0.25) is 0 Å². The average molecular weight is 246 g/mol. The second kappa shape index (κ2) is 6.51. The number of nitrogens with one attached hydrogen (secondary N) is 1. The summed E-state index contributed by atoms with van der Waals surface area (Å²) in [5, 5.41) is 12.0. The molecular formula is C15H19FN2. The molecule has 1 aromatic rings. The Morgan fingerprint density at radius 3 is 2.78 bits per heavy atom. The predicted octanol–water partition coefficient (Wildman–Crippen LogP) is 3.02. The molecule has 1 fully saturated rings. The number of rotatable bonds is 4. The molecule has 2 nitrogen and oxygen atoms in total. The molecule has 0 amide bonds. The van der Waals surface area contributed by atoms with Crippen LogP contribution in [0.5, 0.6) is 0 Å². The van der Waals surface area contributed by atoms with Crippen LogP contribution in [0.1, 0.15) is 36.8 Å². The molecule has 0 bridgehead atoms. The molecule has 1 heterocycles. The molecule has 0 aromatic heterocycles. The van der Waals surface area contributed by atoms with Gasteiger partial charge in [0, 0.05) is 0 Å². The van der Waals surface area contributed by atoms with Gasteiger partial charge in [0.1, 0.15) is 11.9 Å². The van der Waals surface area contributed by atoms with Crippen LogP contribution < -0.4 is 5.32 Å². The number of hydrogen-bond acceptors (Lipinski definition) is 2. The minimum absolute atomic E-state index is 0.136. The minimum Gasteiger partial charge on any atom is -0.317 e. The molecule has 96 valence electrons. The molecule has 3 heteroatoms. The highest BCUT2D eigenvalue weighted by Crippen LogP contribution is 2.19. The highest BCUT2D eigenvalue weighted by molar-refractivity contribution is 5.33. The van der Waals surface area contributed by atoms with E-state index in [1.807, 2.05) is 12.1 Å². The molecule has 0 atom stereocenters. The van der Waals surface area contributed by atoms with E-state index in [9.17, 15) is 4.39 Å². The fourth-order valence-corrected chi connectivity index (χ4v) is 2.57. The molecule has 1 saturated heterocycles. The van der Waals surface area contributed by atoms with Gasteiger partial charge in [0.15, 0.2) is 0 Å². The van der Waals surface area contributed by atoms with E-state index in [4.69, 9.17) is 5.26 Å². The molecule has 1 aliphatic rings. The standard InChI is InChI=1S/C15H19FN2/c16-15-10-13(4-5-14(15)11-17)3-1-2-12-6-8-18-9-7-12/h4-5,10,12,18H,1-3,6-9H2. The van der Waals surface area contributed by atoms with E-state index in [1.54, 1.807) is 6.07 Å². The van der Waals surface area contributed by atoms with Gasteiger partial charge in [-0.1, -0.05) is 12.5 Å². The quantitative estimate of drug-likeness (QED) is 0.886. The molecule has 18 heavy (non-hydrogen) atoms. The third-order valence-electron chi connectivity index (χ3n) is 3.69. The van der Waals surface area contributed by atoms with Crippen LogP contribution in [0.3, 0.4) is 0 Å². The zero-order valence-electron chi connectivity index (χ0n) is 10.6. The van der Waals surface area contributed by atoms with Gasteiger partial charge in [0.2, 0.25) is 0 Å². The molecule has 0 saturated carbocycles. The summed E-state index contributed by atoms with van der Waals surface area (Å²) < 4.78 is 13.4. The Kier molecular flexibility index (Phi) is 4.72. The van der Waals surface area contributed by atoms with E-state index in [0.717, 1.165) is 37.4 Å². The summed E-state index contributed by atoms with van der Waals surface area (Å²) in [7, 11) is 0. The molecule has 1 aromatic carbocycles. The lowest BCUT2D eigenvalue weighted by Gasteiger charge is -2.22. The van der Waals surface area contributed by atoms with Crippen molar-refractivity contribution in [2.24, 2.45) is 5.92 Å². The lowest BCUT2D eigenvalue weighted by Crippen LogP contribution is -2.27. The van der Waals surface area contributed by atoms with Crippen molar-refractivity contribution in [3.63, 3.8) is 0 Å². The fraction of sp³-hybridized carbons (Fsp3) is 0.533. The second-order valence-corrected chi connectivity index (χ2v) is 5.01. The summed E-state index contributed by atoms with van der Waals surface area (Å²) in [6.45, 7) is 2.27. The molecule has 0 spiro atoms. The highest BCUT2D eigenvalue weighted by atomic mass is 19.1. The van der Waals surface area contributed by atoms with Crippen molar-refractivity contribution in [2.75, 3.05) is 13.1 Å². The van der Waals surface area contributed by atoms with Crippen molar-refractivity contribution < 1.29 is 4.39 Å². The summed E-state index contributed by atoms with van der Waals surface area (Å²) in [6.07, 6.45) is 5.77. The van der Waals surface area contributed by atoms with Crippen molar-refractivity contribution in [1.29, 1.82) is 5.26 Å². The van der Waals surface area contributed by atoms with Gasteiger partial charge in [-0.25, -0.2) is 4.39 Å². The summed E-state index contributed by atoms with van der Waals surface area (Å²) in [5.41, 5.74) is 1.14. The number of aryl methyl sites for hydroxylation is 1. The van der Waals surface area contributed by atoms with Crippen LogP contribution in [-0.2, 0) is 6.42 Å². The van der Waals surface area contributed by atoms with Crippen LogP contribution in [0.4, 0.5) is 4.39 Å². The molecule has 0 radical (unpaired) electrons. The van der Waals surface area contributed by atoms with Gasteiger partial charge in [-0.3, -0.25) is 0 Å². The van der Waals surface area contributed by atoms with Gasteiger partial charge < -0.3 is 5.32 Å². The van der Waals surface area contributed by atoms with Crippen molar-refractivity contribution in [1.82, 2.24) is 5.32 Å². The third-order valence-corrected chi connectivity index (χ3v) is 3.69. The normalized spacial score (nSPS) is 16.4. The predicted molar refractivity (Wildman–Crippen MR) is 69.6 cm³/mol. The number of nitriles is 1. The summed E-state index contributed by atoms with van der Waals surface area (Å²) in [4.78, 5) is 0. The van der Waals surface area contributed by atoms with E-state index in [2.05, 4.69) is 5.32 Å². The van der Waals surface area contributed by atoms with Crippen molar-refractivity contribution in [3.05, 3.63) is 35.1 Å². The summed E-state index contributed by atoms with van der Waals surface area (Å²) in [6, 6.07) is 6.79. The molecule has 0 unspecified atom stereocenters. The number of halogens is 1. The average Bonchev–Trinajstić information content (AvgIpc) is 2.40. The van der Waals surface area contributed by atoms with E-state index < -0.39 is 5.82 Å². The minimum atomic E-state index is -0.392. The molecule has 1 N–H and O–H groups in total. The SMILES string of the molecule is N#Cc1ccc(CCCC2CCNCC2)cc1F. The smallest absolute Gasteiger partial charge is 0.141 e. The second-order valence-electron chi connectivity index (χ2n) is 5.01. The van der Waals surface area contributed by atoms with Gasteiger partial charge in [-0.2, -0.15) is 5.26 Å². The largest absolute Gasteiger partial charge is 0.317 e. The third kappa shape index (κ3) is 3.54. The van der Waals surface area contributed by atoms with E-state index in [1.165, 1.54) is 25.3 Å². The fourth-order valence-electron chi connectivity index (χ4n) is 2.57. The van der Waals surface area contributed by atoms with Crippen LogP contribution in [-0.4, -0.2) is 13.1 Å². The Balaban J connectivity index is 1.79. The Morgan fingerprint density at radius 1 is 1.33 bits per heavy atom. The van der Waals surface area contributed by atoms with Crippen LogP contribution in [0.15, 0.2) is 18.2 Å². The summed E-state index contributed by atoms with van der Waals surface area (Å²) in [5.74, 6) is 0.436. The number of benzene rings is 1.